The van der Waals surface area contributed by atoms with Crippen LogP contribution in [0.5, 0.6) is 0 Å². The zero-order valence-electron chi connectivity index (χ0n) is 12.9. The second kappa shape index (κ2) is 7.77. The summed E-state index contributed by atoms with van der Waals surface area (Å²) in [5.41, 5.74) is -2.49. The SMILES string of the molecule is C/C=C\C(=NC(C)OC(F)(F)F)C(F)(F)C(=O)c1ccc(F)cc1F. The number of carbonyl (C=O) groups excluding carboxylic acids is 1. The van der Waals surface area contributed by atoms with E-state index >= 15 is 0 Å². The van der Waals surface area contributed by atoms with Crippen molar-refractivity contribution in [3.05, 3.63) is 47.5 Å². The van der Waals surface area contributed by atoms with Gasteiger partial charge < -0.3 is 0 Å². The van der Waals surface area contributed by atoms with Gasteiger partial charge >= 0.3 is 12.3 Å². The number of carbonyl (C=O) groups is 1. The summed E-state index contributed by atoms with van der Waals surface area (Å²) in [6.07, 6.45) is -5.62. The molecule has 0 aliphatic rings. The van der Waals surface area contributed by atoms with E-state index in [1.807, 2.05) is 0 Å². The molecule has 0 amide bonds. The standard InChI is InChI=1S/C15H12F7NO2/c1-3-4-12(23-8(2)25-15(20,21)22)14(18,19)13(24)10-6-5-9(16)7-11(10)17/h3-8H,1-2H3/b4-3-,23-12?. The summed E-state index contributed by atoms with van der Waals surface area (Å²) in [5.74, 6) is -9.17. The lowest BCUT2D eigenvalue weighted by Gasteiger charge is -2.18. The van der Waals surface area contributed by atoms with Gasteiger partial charge in [0.25, 0.3) is 0 Å². The van der Waals surface area contributed by atoms with Crippen molar-refractivity contribution in [3.63, 3.8) is 0 Å². The van der Waals surface area contributed by atoms with Crippen LogP contribution < -0.4 is 0 Å². The molecule has 1 atom stereocenters. The van der Waals surface area contributed by atoms with Crippen LogP contribution in [0, 0.1) is 11.6 Å². The van der Waals surface area contributed by atoms with E-state index in [1.165, 1.54) is 6.92 Å². The lowest BCUT2D eigenvalue weighted by molar-refractivity contribution is -0.339. The predicted molar refractivity (Wildman–Crippen MR) is 74.5 cm³/mol. The molecule has 3 nitrogen and oxygen atoms in total. The molecule has 1 rings (SSSR count). The van der Waals surface area contributed by atoms with Crippen LogP contribution in [0.4, 0.5) is 30.7 Å². The van der Waals surface area contributed by atoms with Crippen molar-refractivity contribution in [2.45, 2.75) is 32.4 Å². The fraction of sp³-hybridized carbons (Fsp3) is 0.333. The Labute approximate surface area is 137 Å². The minimum Gasteiger partial charge on any atom is -0.287 e. The van der Waals surface area contributed by atoms with Gasteiger partial charge in [-0.1, -0.05) is 6.08 Å². The number of rotatable bonds is 6. The van der Waals surface area contributed by atoms with Gasteiger partial charge in [0, 0.05) is 6.07 Å². The van der Waals surface area contributed by atoms with Crippen molar-refractivity contribution in [2.75, 3.05) is 0 Å². The molecule has 1 unspecified atom stereocenters. The summed E-state index contributed by atoms with van der Waals surface area (Å²) in [6.45, 7) is 1.99. The largest absolute Gasteiger partial charge is 0.524 e. The van der Waals surface area contributed by atoms with Crippen molar-refractivity contribution in [1.29, 1.82) is 0 Å². The van der Waals surface area contributed by atoms with E-state index in [0.717, 1.165) is 13.0 Å². The Kier molecular flexibility index (Phi) is 6.47. The first-order chi connectivity index (χ1) is 11.4. The molecule has 0 heterocycles. The van der Waals surface area contributed by atoms with Crippen LogP contribution in [0.25, 0.3) is 0 Å². The van der Waals surface area contributed by atoms with Crippen molar-refractivity contribution in [2.24, 2.45) is 4.99 Å². The number of ether oxygens (including phenoxy) is 1. The van der Waals surface area contributed by atoms with Crippen molar-refractivity contribution in [3.8, 4) is 0 Å². The molecular weight excluding hydrogens is 359 g/mol. The molecule has 0 aliphatic heterocycles. The van der Waals surface area contributed by atoms with Gasteiger partial charge in [-0.3, -0.25) is 14.5 Å². The fourth-order valence-corrected chi connectivity index (χ4v) is 1.76. The molecule has 1 aromatic rings. The van der Waals surface area contributed by atoms with Crippen molar-refractivity contribution >= 4 is 11.5 Å². The third-order valence-electron chi connectivity index (χ3n) is 2.73. The number of halogens is 7. The van der Waals surface area contributed by atoms with Gasteiger partial charge in [0.05, 0.1) is 5.56 Å². The number of ketones is 1. The second-order valence-corrected chi connectivity index (χ2v) is 4.70. The van der Waals surface area contributed by atoms with Crippen LogP contribution in [-0.4, -0.2) is 30.0 Å². The van der Waals surface area contributed by atoms with E-state index in [2.05, 4.69) is 9.73 Å². The van der Waals surface area contributed by atoms with Crippen molar-refractivity contribution in [1.82, 2.24) is 0 Å². The van der Waals surface area contributed by atoms with Crippen LogP contribution in [0.2, 0.25) is 0 Å². The molecular formula is C15H12F7NO2. The zero-order valence-corrected chi connectivity index (χ0v) is 12.9. The maximum absolute atomic E-state index is 14.3. The lowest BCUT2D eigenvalue weighted by Crippen LogP contribution is -2.38. The summed E-state index contributed by atoms with van der Waals surface area (Å²) in [7, 11) is 0. The molecule has 10 heteroatoms. The summed E-state index contributed by atoms with van der Waals surface area (Å²) < 4.78 is 94.7. The molecule has 0 saturated carbocycles. The maximum Gasteiger partial charge on any atom is 0.524 e. The second-order valence-electron chi connectivity index (χ2n) is 4.70. The van der Waals surface area contributed by atoms with E-state index < -0.39 is 47.2 Å². The Balaban J connectivity index is 3.26. The molecule has 0 fully saturated rings. The highest BCUT2D eigenvalue weighted by atomic mass is 19.4. The quantitative estimate of drug-likeness (QED) is 0.414. The Morgan fingerprint density at radius 3 is 2.28 bits per heavy atom. The average Bonchev–Trinajstić information content (AvgIpc) is 2.44. The molecule has 1 aromatic carbocycles. The summed E-state index contributed by atoms with van der Waals surface area (Å²) in [6, 6.07) is 1.32. The number of nitrogens with zero attached hydrogens (tertiary/aromatic N) is 1. The minimum atomic E-state index is -5.13. The number of aliphatic imine (C=N–C) groups is 1. The third-order valence-corrected chi connectivity index (χ3v) is 2.73. The smallest absolute Gasteiger partial charge is 0.287 e. The molecule has 0 N–H and O–H groups in total. The van der Waals surface area contributed by atoms with Crippen LogP contribution in [-0.2, 0) is 4.74 Å². The number of alkyl halides is 5. The molecule has 25 heavy (non-hydrogen) atoms. The first-order valence-electron chi connectivity index (χ1n) is 6.71. The van der Waals surface area contributed by atoms with Gasteiger partial charge in [-0.25, -0.2) is 8.78 Å². The Bertz CT molecular complexity index is 696. The topological polar surface area (TPSA) is 38.7 Å². The molecule has 0 aromatic heterocycles. The molecule has 0 aliphatic carbocycles. The van der Waals surface area contributed by atoms with Crippen molar-refractivity contribution < 1.29 is 40.3 Å². The Hall–Kier alpha value is -2.23. The Morgan fingerprint density at radius 2 is 1.80 bits per heavy atom. The third kappa shape index (κ3) is 5.66. The summed E-state index contributed by atoms with van der Waals surface area (Å²) in [5, 5.41) is 0. The number of allylic oxidation sites excluding steroid dienone is 2. The van der Waals surface area contributed by atoms with E-state index in [1.54, 1.807) is 0 Å². The van der Waals surface area contributed by atoms with Crippen LogP contribution in [0.1, 0.15) is 24.2 Å². The molecule has 0 saturated heterocycles. The zero-order chi connectivity index (χ0) is 19.4. The highest BCUT2D eigenvalue weighted by Crippen LogP contribution is 2.27. The normalized spacial score (nSPS) is 14.8. The summed E-state index contributed by atoms with van der Waals surface area (Å²) >= 11 is 0. The predicted octanol–water partition coefficient (Wildman–Crippen LogP) is 4.68. The van der Waals surface area contributed by atoms with Crippen LogP contribution in [0.15, 0.2) is 35.3 Å². The number of Topliss-reactive ketones (excluding diaryl/α,β-unsaturated/α-hetero) is 1. The minimum absolute atomic E-state index is 0.227. The van der Waals surface area contributed by atoms with E-state index in [-0.39, 0.29) is 6.07 Å². The monoisotopic (exact) mass is 371 g/mol. The number of hydrogen-bond acceptors (Lipinski definition) is 3. The Morgan fingerprint density at radius 1 is 1.20 bits per heavy atom. The molecule has 0 spiro atoms. The van der Waals surface area contributed by atoms with Gasteiger partial charge in [0.15, 0.2) is 6.23 Å². The fourth-order valence-electron chi connectivity index (χ4n) is 1.76. The molecule has 0 radical (unpaired) electrons. The van der Waals surface area contributed by atoms with Gasteiger partial charge in [-0.05, 0) is 32.1 Å². The maximum atomic E-state index is 14.3. The first-order valence-corrected chi connectivity index (χ1v) is 6.71. The van der Waals surface area contributed by atoms with Gasteiger partial charge in [0.1, 0.15) is 17.3 Å². The van der Waals surface area contributed by atoms with Gasteiger partial charge in [0.2, 0.25) is 5.78 Å². The first kappa shape index (κ1) is 20.8. The number of hydrogen-bond donors (Lipinski definition) is 0. The van der Waals surface area contributed by atoms with E-state index in [0.29, 0.717) is 18.2 Å². The lowest BCUT2D eigenvalue weighted by atomic mass is 10.0. The van der Waals surface area contributed by atoms with Gasteiger partial charge in [-0.2, -0.15) is 8.78 Å². The molecule has 138 valence electrons. The summed E-state index contributed by atoms with van der Waals surface area (Å²) in [4.78, 5) is 14.9. The van der Waals surface area contributed by atoms with Crippen LogP contribution in [0.3, 0.4) is 0 Å². The number of benzene rings is 1. The van der Waals surface area contributed by atoms with E-state index in [4.69, 9.17) is 0 Å². The van der Waals surface area contributed by atoms with E-state index in [9.17, 15) is 35.5 Å². The average molecular weight is 371 g/mol. The highest BCUT2D eigenvalue weighted by molar-refractivity contribution is 6.21. The van der Waals surface area contributed by atoms with Gasteiger partial charge in [-0.15, -0.1) is 13.2 Å². The van der Waals surface area contributed by atoms with Crippen LogP contribution >= 0.6 is 0 Å². The molecule has 0 bridgehead atoms. The highest BCUT2D eigenvalue weighted by Gasteiger charge is 2.45.